The Kier molecular flexibility index (Phi) is 5.37. The van der Waals surface area contributed by atoms with Crippen LogP contribution in [0.4, 0.5) is 4.39 Å². The molecule has 0 spiro atoms. The van der Waals surface area contributed by atoms with Crippen molar-refractivity contribution in [2.75, 3.05) is 6.61 Å². The maximum Gasteiger partial charge on any atom is 0.277 e. The minimum absolute atomic E-state index is 0.306. The molecular formula is C17H14ClFN2O2S. The molecule has 0 bridgehead atoms. The smallest absolute Gasteiger partial charge is 0.277 e. The van der Waals surface area contributed by atoms with Crippen LogP contribution < -0.4 is 4.74 Å². The van der Waals surface area contributed by atoms with Crippen LogP contribution in [0, 0.1) is 5.82 Å². The van der Waals surface area contributed by atoms with E-state index in [1.54, 1.807) is 12.1 Å². The molecule has 0 saturated carbocycles. The fourth-order valence-electron chi connectivity index (χ4n) is 2.11. The summed E-state index contributed by atoms with van der Waals surface area (Å²) in [5.74, 6) is 0.996. The van der Waals surface area contributed by atoms with Gasteiger partial charge >= 0.3 is 0 Å². The number of hydrogen-bond acceptors (Lipinski definition) is 5. The lowest BCUT2D eigenvalue weighted by Crippen LogP contribution is -1.93. The van der Waals surface area contributed by atoms with E-state index in [-0.39, 0.29) is 5.82 Å². The number of ether oxygens (including phenoxy) is 1. The minimum atomic E-state index is -0.351. The van der Waals surface area contributed by atoms with Crippen LogP contribution in [-0.4, -0.2) is 16.8 Å². The third-order valence-corrected chi connectivity index (χ3v) is 4.42. The molecule has 0 amide bonds. The lowest BCUT2D eigenvalue weighted by Gasteiger charge is -2.06. The van der Waals surface area contributed by atoms with E-state index in [0.29, 0.717) is 39.8 Å². The third kappa shape index (κ3) is 3.71. The van der Waals surface area contributed by atoms with Crippen LogP contribution in [0.3, 0.4) is 0 Å². The first-order chi connectivity index (χ1) is 11.7. The van der Waals surface area contributed by atoms with Gasteiger partial charge in [0.25, 0.3) is 11.1 Å². The van der Waals surface area contributed by atoms with Gasteiger partial charge in [0.15, 0.2) is 0 Å². The van der Waals surface area contributed by atoms with E-state index >= 15 is 0 Å². The summed E-state index contributed by atoms with van der Waals surface area (Å²) < 4.78 is 25.0. The first kappa shape index (κ1) is 16.8. The van der Waals surface area contributed by atoms with Gasteiger partial charge in [0.2, 0.25) is 0 Å². The highest BCUT2D eigenvalue weighted by atomic mass is 35.5. The summed E-state index contributed by atoms with van der Waals surface area (Å²) in [7, 11) is 0. The zero-order valence-electron chi connectivity index (χ0n) is 12.8. The van der Waals surface area contributed by atoms with Gasteiger partial charge in [-0.2, -0.15) is 0 Å². The largest absolute Gasteiger partial charge is 0.493 e. The van der Waals surface area contributed by atoms with Crippen molar-refractivity contribution in [3.05, 3.63) is 58.9 Å². The maximum absolute atomic E-state index is 13.8. The Balaban J connectivity index is 1.77. The number of benzene rings is 2. The summed E-state index contributed by atoms with van der Waals surface area (Å²) in [5.41, 5.74) is 1.14. The molecule has 0 radical (unpaired) electrons. The Hall–Kier alpha value is -2.05. The average Bonchev–Trinajstić information content (AvgIpc) is 3.04. The second-order valence-electron chi connectivity index (χ2n) is 4.79. The van der Waals surface area contributed by atoms with E-state index in [1.165, 1.54) is 17.8 Å². The molecule has 1 heterocycles. The van der Waals surface area contributed by atoms with Crippen molar-refractivity contribution in [2.45, 2.75) is 17.9 Å². The predicted molar refractivity (Wildman–Crippen MR) is 91.9 cm³/mol. The van der Waals surface area contributed by atoms with Crippen LogP contribution in [0.5, 0.6) is 5.75 Å². The average molecular weight is 365 g/mol. The van der Waals surface area contributed by atoms with Gasteiger partial charge in [0.1, 0.15) is 11.6 Å². The molecule has 0 aliphatic carbocycles. The van der Waals surface area contributed by atoms with Crippen LogP contribution in [0.1, 0.15) is 12.5 Å². The van der Waals surface area contributed by atoms with Crippen molar-refractivity contribution in [3.63, 3.8) is 0 Å². The van der Waals surface area contributed by atoms with Gasteiger partial charge in [-0.1, -0.05) is 41.6 Å². The van der Waals surface area contributed by atoms with Gasteiger partial charge in [-0.05, 0) is 31.2 Å². The number of hydrogen-bond donors (Lipinski definition) is 0. The number of halogens is 2. The van der Waals surface area contributed by atoms with E-state index < -0.39 is 0 Å². The molecule has 0 aliphatic rings. The van der Waals surface area contributed by atoms with Crippen molar-refractivity contribution < 1.29 is 13.5 Å². The molecule has 4 nitrogen and oxygen atoms in total. The second-order valence-corrected chi connectivity index (χ2v) is 6.12. The number of aromatic nitrogens is 2. The molecule has 0 atom stereocenters. The number of thioether (sulfide) groups is 1. The Morgan fingerprint density at radius 2 is 2.00 bits per heavy atom. The fourth-order valence-corrected chi connectivity index (χ4v) is 3.21. The fraction of sp³-hybridized carbons (Fsp3) is 0.176. The monoisotopic (exact) mass is 364 g/mol. The normalized spacial score (nSPS) is 10.8. The Bertz CT molecular complexity index is 821. The quantitative estimate of drug-likeness (QED) is 0.561. The van der Waals surface area contributed by atoms with Gasteiger partial charge in [0, 0.05) is 16.3 Å². The molecule has 3 rings (SSSR count). The molecule has 3 aromatic rings. The molecule has 0 saturated heterocycles. The van der Waals surface area contributed by atoms with Gasteiger partial charge in [-0.15, -0.1) is 10.2 Å². The predicted octanol–water partition coefficient (Wildman–Crippen LogP) is 5.22. The highest BCUT2D eigenvalue weighted by Crippen LogP contribution is 2.32. The van der Waals surface area contributed by atoms with Crippen LogP contribution in [0.25, 0.3) is 11.5 Å². The molecule has 0 aliphatic heterocycles. The lowest BCUT2D eigenvalue weighted by atomic mass is 10.2. The van der Waals surface area contributed by atoms with Gasteiger partial charge in [0.05, 0.1) is 12.2 Å². The molecule has 0 N–H and O–H groups in total. The summed E-state index contributed by atoms with van der Waals surface area (Å²) in [5, 5.41) is 8.76. The molecule has 2 aromatic carbocycles. The highest BCUT2D eigenvalue weighted by molar-refractivity contribution is 7.98. The summed E-state index contributed by atoms with van der Waals surface area (Å²) in [4.78, 5) is 0. The van der Waals surface area contributed by atoms with Gasteiger partial charge in [-0.3, -0.25) is 0 Å². The SMILES string of the molecule is CCOc1ccccc1-c1nnc(SCc2c(F)cccc2Cl)o1. The first-order valence-electron chi connectivity index (χ1n) is 7.30. The van der Waals surface area contributed by atoms with Crippen molar-refractivity contribution in [1.29, 1.82) is 0 Å². The van der Waals surface area contributed by atoms with E-state index in [1.807, 2.05) is 31.2 Å². The number of rotatable bonds is 6. The van der Waals surface area contributed by atoms with E-state index in [4.69, 9.17) is 20.8 Å². The molecule has 24 heavy (non-hydrogen) atoms. The maximum atomic E-state index is 13.8. The van der Waals surface area contributed by atoms with Crippen molar-refractivity contribution in [3.8, 4) is 17.2 Å². The summed E-state index contributed by atoms with van der Waals surface area (Å²) in [6, 6.07) is 12.0. The Morgan fingerprint density at radius 1 is 1.17 bits per heavy atom. The van der Waals surface area contributed by atoms with Crippen molar-refractivity contribution in [1.82, 2.24) is 10.2 Å². The highest BCUT2D eigenvalue weighted by Gasteiger charge is 2.15. The standard InChI is InChI=1S/C17H14ClFN2O2S/c1-2-22-15-9-4-3-6-11(15)16-20-21-17(23-16)24-10-12-13(18)7-5-8-14(12)19/h3-9H,2,10H2,1H3. The molecule has 0 unspecified atom stereocenters. The second kappa shape index (κ2) is 7.68. The Morgan fingerprint density at radius 3 is 2.79 bits per heavy atom. The molecule has 1 aromatic heterocycles. The van der Waals surface area contributed by atoms with Crippen molar-refractivity contribution >= 4 is 23.4 Å². The van der Waals surface area contributed by atoms with Crippen LogP contribution in [-0.2, 0) is 5.75 Å². The number of para-hydroxylation sites is 1. The first-order valence-corrected chi connectivity index (χ1v) is 8.66. The van der Waals surface area contributed by atoms with Crippen LogP contribution >= 0.6 is 23.4 Å². The van der Waals surface area contributed by atoms with Gasteiger partial charge < -0.3 is 9.15 Å². The van der Waals surface area contributed by atoms with Crippen molar-refractivity contribution in [2.24, 2.45) is 0 Å². The molecule has 124 valence electrons. The summed E-state index contributed by atoms with van der Waals surface area (Å²) >= 11 is 7.25. The summed E-state index contributed by atoms with van der Waals surface area (Å²) in [6.07, 6.45) is 0. The molecule has 0 fully saturated rings. The van der Waals surface area contributed by atoms with E-state index in [2.05, 4.69) is 10.2 Å². The molecule has 7 heteroatoms. The van der Waals surface area contributed by atoms with E-state index in [0.717, 1.165) is 5.56 Å². The van der Waals surface area contributed by atoms with Gasteiger partial charge in [-0.25, -0.2) is 4.39 Å². The number of nitrogens with zero attached hydrogens (tertiary/aromatic N) is 2. The Labute approximate surface area is 148 Å². The topological polar surface area (TPSA) is 48.2 Å². The zero-order valence-corrected chi connectivity index (χ0v) is 14.4. The van der Waals surface area contributed by atoms with Crippen LogP contribution in [0.15, 0.2) is 52.1 Å². The molecular weight excluding hydrogens is 351 g/mol. The minimum Gasteiger partial charge on any atom is -0.493 e. The lowest BCUT2D eigenvalue weighted by molar-refractivity contribution is 0.340. The van der Waals surface area contributed by atoms with Crippen LogP contribution in [0.2, 0.25) is 5.02 Å². The summed E-state index contributed by atoms with van der Waals surface area (Å²) in [6.45, 7) is 2.45. The third-order valence-electron chi connectivity index (χ3n) is 3.23. The van der Waals surface area contributed by atoms with E-state index in [9.17, 15) is 4.39 Å². The zero-order chi connectivity index (χ0) is 16.9.